The molecule has 1 saturated heterocycles. The number of carbonyl (C=O) groups is 4. The molecule has 1 aliphatic rings. The molecule has 0 aliphatic carbocycles. The zero-order valence-corrected chi connectivity index (χ0v) is 18.2. The molecule has 3 N–H and O–H groups in total. The molecule has 0 bridgehead atoms. The summed E-state index contributed by atoms with van der Waals surface area (Å²) in [5.41, 5.74) is 0.204. The molecular formula is C20H20N2O7S2. The highest BCUT2D eigenvalue weighted by Crippen LogP contribution is 2.45. The van der Waals surface area contributed by atoms with Gasteiger partial charge in [-0.05, 0) is 35.4 Å². The van der Waals surface area contributed by atoms with Crippen molar-refractivity contribution in [2.45, 2.75) is 30.5 Å². The number of nitrogens with one attached hydrogen (secondary N) is 1. The molecule has 31 heavy (non-hydrogen) atoms. The largest absolute Gasteiger partial charge is 0.508 e. The summed E-state index contributed by atoms with van der Waals surface area (Å²) in [6, 6.07) is 7.40. The molecule has 0 saturated carbocycles. The van der Waals surface area contributed by atoms with Crippen LogP contribution in [0.25, 0.3) is 0 Å². The quantitative estimate of drug-likeness (QED) is 0.306. The molecule has 1 aliphatic heterocycles. The molecule has 2 amide bonds. The minimum atomic E-state index is -1.65. The van der Waals surface area contributed by atoms with Crippen LogP contribution < -0.4 is 5.32 Å². The summed E-state index contributed by atoms with van der Waals surface area (Å²) < 4.78 is 5.31. The molecule has 9 nitrogen and oxygen atoms in total. The Morgan fingerprint density at radius 3 is 2.48 bits per heavy atom. The zero-order chi connectivity index (χ0) is 22.8. The van der Waals surface area contributed by atoms with Gasteiger partial charge in [-0.25, -0.2) is 4.79 Å². The van der Waals surface area contributed by atoms with E-state index >= 15 is 0 Å². The predicted molar refractivity (Wildman–Crippen MR) is 113 cm³/mol. The number of β-lactam (4-membered cyclic amide) rings is 1. The highest BCUT2D eigenvalue weighted by molar-refractivity contribution is 8.00. The maximum atomic E-state index is 13.2. The number of phenolic OH excluding ortho intramolecular Hbond substituents is 1. The molecule has 0 spiro atoms. The number of aliphatic carboxylic acids is 1. The minimum absolute atomic E-state index is 0.0281. The van der Waals surface area contributed by atoms with E-state index in [9.17, 15) is 29.4 Å². The van der Waals surface area contributed by atoms with Crippen LogP contribution in [0.4, 0.5) is 0 Å². The van der Waals surface area contributed by atoms with Crippen molar-refractivity contribution in [1.82, 2.24) is 10.2 Å². The molecule has 0 radical (unpaired) electrons. The van der Waals surface area contributed by atoms with Crippen LogP contribution >= 0.6 is 23.1 Å². The molecule has 11 heteroatoms. The number of amides is 2. The third kappa shape index (κ3) is 4.37. The number of nitrogens with zero attached hydrogens (tertiary/aromatic N) is 1. The normalized spacial score (nSPS) is 21.2. The Hall–Kier alpha value is -3.05. The van der Waals surface area contributed by atoms with Crippen molar-refractivity contribution < 1.29 is 34.1 Å². The summed E-state index contributed by atoms with van der Waals surface area (Å²) in [4.78, 5) is 49.7. The van der Waals surface area contributed by atoms with Gasteiger partial charge < -0.3 is 20.3 Å². The van der Waals surface area contributed by atoms with Crippen LogP contribution in [0.1, 0.15) is 23.4 Å². The average molecular weight is 465 g/mol. The summed E-state index contributed by atoms with van der Waals surface area (Å²) in [6.07, 6.45) is 0.253. The van der Waals surface area contributed by atoms with Gasteiger partial charge in [-0.15, -0.1) is 23.1 Å². The maximum absolute atomic E-state index is 13.2. The lowest BCUT2D eigenvalue weighted by Gasteiger charge is -2.55. The van der Waals surface area contributed by atoms with Crippen LogP contribution in [0, 0.1) is 0 Å². The number of thiophene rings is 1. The van der Waals surface area contributed by atoms with Crippen LogP contribution in [-0.2, 0) is 30.3 Å². The molecule has 3 atom stereocenters. The smallest absolute Gasteiger partial charge is 0.331 e. The van der Waals surface area contributed by atoms with Gasteiger partial charge in [0.15, 0.2) is 6.04 Å². The highest BCUT2D eigenvalue weighted by Gasteiger charge is 2.67. The number of hydrogen-bond donors (Lipinski definition) is 3. The average Bonchev–Trinajstić information content (AvgIpc) is 3.22. The van der Waals surface area contributed by atoms with E-state index in [1.54, 1.807) is 18.4 Å². The van der Waals surface area contributed by atoms with Gasteiger partial charge in [-0.3, -0.25) is 19.3 Å². The Bertz CT molecular complexity index is 993. The Morgan fingerprint density at radius 1 is 1.29 bits per heavy atom. The number of aromatic hydroxyl groups is 1. The first-order valence-corrected chi connectivity index (χ1v) is 11.2. The topological polar surface area (TPSA) is 133 Å². The number of benzene rings is 1. The van der Waals surface area contributed by atoms with Gasteiger partial charge in [-0.1, -0.05) is 18.2 Å². The van der Waals surface area contributed by atoms with E-state index in [2.05, 4.69) is 5.32 Å². The van der Waals surface area contributed by atoms with Gasteiger partial charge in [0.1, 0.15) is 5.75 Å². The van der Waals surface area contributed by atoms with Crippen LogP contribution in [0.15, 0.2) is 41.8 Å². The lowest BCUT2D eigenvalue weighted by atomic mass is 9.95. The summed E-state index contributed by atoms with van der Waals surface area (Å²) in [5.74, 6) is -3.32. The predicted octanol–water partition coefficient (Wildman–Crippen LogP) is 1.73. The molecule has 2 heterocycles. The number of carbonyl (C=O) groups excluding carboxylic acids is 3. The van der Waals surface area contributed by atoms with Crippen LogP contribution in [0.3, 0.4) is 0 Å². The van der Waals surface area contributed by atoms with E-state index in [1.807, 2.05) is 5.38 Å². The van der Waals surface area contributed by atoms with Crippen molar-refractivity contribution in [3.8, 4) is 5.75 Å². The standard InChI is InChI=1S/C20H20N2O7S2/c1-11(23)29-19-20(30-2,21-15(25)10-14-4-3-9-31-14)18(28)22(19)16(17(26)27)12-5-7-13(24)8-6-12/h3-9,16,19,24H,10H2,1-2H3,(H,21,25)(H,26,27)/t16?,19-,20-/m1/s1. The van der Waals surface area contributed by atoms with Gasteiger partial charge in [0.25, 0.3) is 5.91 Å². The number of carboxylic acids is 1. The van der Waals surface area contributed by atoms with Crippen molar-refractivity contribution in [3.63, 3.8) is 0 Å². The van der Waals surface area contributed by atoms with Crippen LogP contribution in [-0.4, -0.2) is 56.2 Å². The minimum Gasteiger partial charge on any atom is -0.508 e. The van der Waals surface area contributed by atoms with Gasteiger partial charge >= 0.3 is 11.9 Å². The molecule has 1 unspecified atom stereocenters. The van der Waals surface area contributed by atoms with Crippen molar-refractivity contribution in [3.05, 3.63) is 52.2 Å². The Kier molecular flexibility index (Phi) is 6.56. The fourth-order valence-corrected chi connectivity index (χ4v) is 4.90. The number of esters is 1. The Balaban J connectivity index is 1.93. The first-order valence-electron chi connectivity index (χ1n) is 9.10. The number of hydrogen-bond acceptors (Lipinski definition) is 8. The molecule has 3 rings (SSSR count). The van der Waals surface area contributed by atoms with E-state index in [0.717, 1.165) is 28.5 Å². The van der Waals surface area contributed by atoms with Crippen molar-refractivity contribution in [2.75, 3.05) is 6.26 Å². The zero-order valence-electron chi connectivity index (χ0n) is 16.6. The molecule has 2 aromatic rings. The number of carboxylic acid groups (broad SMARTS) is 1. The Labute approximate surface area is 186 Å². The second-order valence-electron chi connectivity index (χ2n) is 6.75. The van der Waals surface area contributed by atoms with Crippen LogP contribution in [0.2, 0.25) is 0 Å². The molecule has 1 aromatic heterocycles. The summed E-state index contributed by atoms with van der Waals surface area (Å²) >= 11 is 2.34. The summed E-state index contributed by atoms with van der Waals surface area (Å²) in [6.45, 7) is 1.13. The van der Waals surface area contributed by atoms with E-state index < -0.39 is 40.9 Å². The van der Waals surface area contributed by atoms with Crippen molar-refractivity contribution in [2.24, 2.45) is 0 Å². The van der Waals surface area contributed by atoms with Crippen LogP contribution in [0.5, 0.6) is 5.75 Å². The fourth-order valence-electron chi connectivity index (χ4n) is 3.34. The lowest BCUT2D eigenvalue weighted by molar-refractivity contribution is -0.205. The van der Waals surface area contributed by atoms with E-state index in [4.69, 9.17) is 4.74 Å². The lowest BCUT2D eigenvalue weighted by Crippen LogP contribution is -2.80. The second kappa shape index (κ2) is 8.98. The maximum Gasteiger partial charge on any atom is 0.331 e. The number of ether oxygens (including phenoxy) is 1. The van der Waals surface area contributed by atoms with Crippen molar-refractivity contribution >= 4 is 46.9 Å². The van der Waals surface area contributed by atoms with E-state index in [-0.39, 0.29) is 17.7 Å². The highest BCUT2D eigenvalue weighted by atomic mass is 32.2. The number of phenols is 1. The van der Waals surface area contributed by atoms with E-state index in [0.29, 0.717) is 0 Å². The molecule has 164 valence electrons. The number of likely N-dealkylation sites (tertiary alicyclic amines) is 1. The second-order valence-corrected chi connectivity index (χ2v) is 8.84. The molecular weight excluding hydrogens is 444 g/mol. The summed E-state index contributed by atoms with van der Waals surface area (Å²) in [7, 11) is 0. The number of thioether (sulfide) groups is 1. The molecule has 1 fully saturated rings. The first kappa shape index (κ1) is 22.6. The first-order chi connectivity index (χ1) is 14.7. The van der Waals surface area contributed by atoms with Gasteiger partial charge in [-0.2, -0.15) is 0 Å². The molecule has 1 aromatic carbocycles. The summed E-state index contributed by atoms with van der Waals surface area (Å²) in [5, 5.41) is 23.8. The number of rotatable bonds is 8. The van der Waals surface area contributed by atoms with E-state index in [1.165, 1.54) is 35.6 Å². The Morgan fingerprint density at radius 2 is 1.97 bits per heavy atom. The van der Waals surface area contributed by atoms with Gasteiger partial charge in [0.2, 0.25) is 17.0 Å². The third-order valence-corrected chi connectivity index (χ3v) is 6.71. The third-order valence-electron chi connectivity index (χ3n) is 4.71. The van der Waals surface area contributed by atoms with Gasteiger partial charge in [0.05, 0.1) is 6.42 Å². The fraction of sp³-hybridized carbons (Fsp3) is 0.300. The monoisotopic (exact) mass is 464 g/mol. The SMILES string of the molecule is CS[C@]1(NC(=O)Cc2cccs2)C(=O)N(C(C(=O)O)c2ccc(O)cc2)[C@@H]1OC(C)=O. The van der Waals surface area contributed by atoms with Gasteiger partial charge in [0, 0.05) is 11.8 Å². The van der Waals surface area contributed by atoms with Crippen molar-refractivity contribution in [1.29, 1.82) is 0 Å².